The molecule has 2 atom stereocenters. The van der Waals surface area contributed by atoms with Crippen LogP contribution in [0.3, 0.4) is 0 Å². The minimum Gasteiger partial charge on any atom is -0.345 e. The van der Waals surface area contributed by atoms with E-state index in [-0.39, 0.29) is 29.6 Å². The maximum Gasteiger partial charge on any atom is 0.291 e. The summed E-state index contributed by atoms with van der Waals surface area (Å²) < 4.78 is 14.7. The van der Waals surface area contributed by atoms with E-state index in [0.29, 0.717) is 11.5 Å². The Balaban J connectivity index is 1.54. The normalized spacial score (nSPS) is 19.7. The summed E-state index contributed by atoms with van der Waals surface area (Å²) >= 11 is 0. The van der Waals surface area contributed by atoms with Gasteiger partial charge in [-0.1, -0.05) is 30.3 Å². The van der Waals surface area contributed by atoms with Gasteiger partial charge >= 0.3 is 0 Å². The molecule has 1 N–H and O–H groups in total. The number of benzene rings is 2. The van der Waals surface area contributed by atoms with E-state index >= 15 is 0 Å². The SMILES string of the molecule is Cc1nc(C(=O)N[C@H]2CCN(C)[C@@H]2c2ccccc2)nn1-c1ccc(F)cc1. The van der Waals surface area contributed by atoms with Crippen molar-refractivity contribution >= 4 is 5.91 Å². The van der Waals surface area contributed by atoms with Crippen LogP contribution >= 0.6 is 0 Å². The molecule has 1 saturated heterocycles. The lowest BCUT2D eigenvalue weighted by molar-refractivity contribution is 0.0917. The zero-order chi connectivity index (χ0) is 19.7. The average molecular weight is 379 g/mol. The van der Waals surface area contributed by atoms with Gasteiger partial charge in [0.15, 0.2) is 0 Å². The molecule has 1 aliphatic rings. The summed E-state index contributed by atoms with van der Waals surface area (Å²) in [5.74, 6) is 0.0603. The van der Waals surface area contributed by atoms with Gasteiger partial charge in [0.25, 0.3) is 5.91 Å². The van der Waals surface area contributed by atoms with Gasteiger partial charge in [-0.15, -0.1) is 5.10 Å². The van der Waals surface area contributed by atoms with Crippen molar-refractivity contribution < 1.29 is 9.18 Å². The zero-order valence-electron chi connectivity index (χ0n) is 15.8. The summed E-state index contributed by atoms with van der Waals surface area (Å²) in [5.41, 5.74) is 1.84. The van der Waals surface area contributed by atoms with Crippen LogP contribution in [-0.2, 0) is 0 Å². The molecular weight excluding hydrogens is 357 g/mol. The highest BCUT2D eigenvalue weighted by Crippen LogP contribution is 2.30. The summed E-state index contributed by atoms with van der Waals surface area (Å²) in [7, 11) is 2.06. The van der Waals surface area contributed by atoms with Crippen molar-refractivity contribution in [3.05, 3.63) is 77.6 Å². The minimum atomic E-state index is -0.322. The molecule has 3 aromatic rings. The molecule has 2 heterocycles. The van der Waals surface area contributed by atoms with Gasteiger partial charge in [-0.2, -0.15) is 0 Å². The first-order valence-electron chi connectivity index (χ1n) is 9.28. The molecule has 1 fully saturated rings. The fraction of sp³-hybridized carbons (Fsp3) is 0.286. The fourth-order valence-electron chi connectivity index (χ4n) is 3.78. The molecule has 4 rings (SSSR count). The van der Waals surface area contributed by atoms with Gasteiger partial charge in [0.2, 0.25) is 5.82 Å². The monoisotopic (exact) mass is 379 g/mol. The van der Waals surface area contributed by atoms with Crippen LogP contribution in [0.4, 0.5) is 4.39 Å². The Labute approximate surface area is 163 Å². The quantitative estimate of drug-likeness (QED) is 0.757. The Morgan fingerprint density at radius 2 is 1.86 bits per heavy atom. The summed E-state index contributed by atoms with van der Waals surface area (Å²) in [5, 5.41) is 7.42. The fourth-order valence-corrected chi connectivity index (χ4v) is 3.78. The first kappa shape index (κ1) is 18.3. The van der Waals surface area contributed by atoms with Crippen LogP contribution in [0, 0.1) is 12.7 Å². The maximum atomic E-state index is 13.2. The Morgan fingerprint density at radius 1 is 1.14 bits per heavy atom. The minimum absolute atomic E-state index is 0.0158. The standard InChI is InChI=1S/C21H22FN5O/c1-14-23-20(25-27(14)17-10-8-16(22)9-11-17)21(28)24-18-12-13-26(2)19(18)15-6-4-3-5-7-15/h3-11,18-19H,12-13H2,1-2H3,(H,24,28)/t18-,19+/m0/s1. The van der Waals surface area contributed by atoms with E-state index in [1.54, 1.807) is 23.7 Å². The first-order chi connectivity index (χ1) is 13.5. The molecule has 0 saturated carbocycles. The smallest absolute Gasteiger partial charge is 0.291 e. The van der Waals surface area contributed by atoms with E-state index in [4.69, 9.17) is 0 Å². The largest absolute Gasteiger partial charge is 0.345 e. The van der Waals surface area contributed by atoms with Crippen LogP contribution in [0.15, 0.2) is 54.6 Å². The van der Waals surface area contributed by atoms with Crippen LogP contribution in [0.25, 0.3) is 5.69 Å². The highest BCUT2D eigenvalue weighted by Gasteiger charge is 2.34. The lowest BCUT2D eigenvalue weighted by Gasteiger charge is -2.25. The molecule has 0 unspecified atom stereocenters. The molecule has 1 aliphatic heterocycles. The van der Waals surface area contributed by atoms with E-state index in [0.717, 1.165) is 13.0 Å². The number of aryl methyl sites for hydroxylation is 1. The topological polar surface area (TPSA) is 63.1 Å². The van der Waals surface area contributed by atoms with Crippen LogP contribution in [-0.4, -0.2) is 45.2 Å². The number of nitrogens with zero attached hydrogens (tertiary/aromatic N) is 4. The van der Waals surface area contributed by atoms with Crippen LogP contribution in [0.1, 0.15) is 34.5 Å². The van der Waals surface area contributed by atoms with Crippen molar-refractivity contribution in [2.75, 3.05) is 13.6 Å². The van der Waals surface area contributed by atoms with Crippen molar-refractivity contribution in [2.24, 2.45) is 0 Å². The van der Waals surface area contributed by atoms with E-state index in [9.17, 15) is 9.18 Å². The Morgan fingerprint density at radius 3 is 2.57 bits per heavy atom. The van der Waals surface area contributed by atoms with Crippen molar-refractivity contribution in [3.8, 4) is 5.69 Å². The molecule has 0 spiro atoms. The third-order valence-electron chi connectivity index (χ3n) is 5.15. The van der Waals surface area contributed by atoms with Crippen LogP contribution < -0.4 is 5.32 Å². The lowest BCUT2D eigenvalue weighted by Crippen LogP contribution is -2.39. The van der Waals surface area contributed by atoms with Crippen molar-refractivity contribution in [1.82, 2.24) is 25.0 Å². The molecule has 7 heteroatoms. The summed E-state index contributed by atoms with van der Waals surface area (Å²) in [6, 6.07) is 16.2. The number of likely N-dealkylation sites (N-methyl/N-ethyl adjacent to an activating group) is 1. The van der Waals surface area contributed by atoms with Gasteiger partial charge in [-0.3, -0.25) is 9.69 Å². The predicted octanol–water partition coefficient (Wildman–Crippen LogP) is 2.89. The first-order valence-corrected chi connectivity index (χ1v) is 9.28. The van der Waals surface area contributed by atoms with Gasteiger partial charge < -0.3 is 5.32 Å². The molecule has 0 radical (unpaired) electrons. The van der Waals surface area contributed by atoms with Gasteiger partial charge in [0.05, 0.1) is 17.8 Å². The Hall–Kier alpha value is -3.06. The number of hydrogen-bond acceptors (Lipinski definition) is 4. The van der Waals surface area contributed by atoms with E-state index in [1.807, 2.05) is 18.2 Å². The average Bonchev–Trinajstić information content (AvgIpc) is 3.26. The molecular formula is C21H22FN5O. The molecule has 0 bridgehead atoms. The molecule has 1 aromatic heterocycles. The number of hydrogen-bond donors (Lipinski definition) is 1. The van der Waals surface area contributed by atoms with E-state index in [1.165, 1.54) is 17.7 Å². The number of rotatable bonds is 4. The van der Waals surface area contributed by atoms with Gasteiger partial charge in [-0.05, 0) is 50.2 Å². The van der Waals surface area contributed by atoms with Crippen LogP contribution in [0.5, 0.6) is 0 Å². The van der Waals surface area contributed by atoms with Crippen molar-refractivity contribution in [2.45, 2.75) is 25.4 Å². The van der Waals surface area contributed by atoms with Crippen molar-refractivity contribution in [1.29, 1.82) is 0 Å². The number of amides is 1. The van der Waals surface area contributed by atoms with Gasteiger partial charge in [-0.25, -0.2) is 14.1 Å². The molecule has 144 valence electrons. The van der Waals surface area contributed by atoms with Crippen LogP contribution in [0.2, 0.25) is 0 Å². The van der Waals surface area contributed by atoms with Gasteiger partial charge in [0, 0.05) is 6.54 Å². The third-order valence-corrected chi connectivity index (χ3v) is 5.15. The number of aromatic nitrogens is 3. The lowest BCUT2D eigenvalue weighted by atomic mass is 10.0. The Kier molecular flexibility index (Phi) is 4.92. The second kappa shape index (κ2) is 7.52. The molecule has 2 aromatic carbocycles. The van der Waals surface area contributed by atoms with E-state index in [2.05, 4.69) is 39.5 Å². The summed E-state index contributed by atoms with van der Waals surface area (Å²) in [4.78, 5) is 19.4. The Bertz CT molecular complexity index is 970. The highest BCUT2D eigenvalue weighted by molar-refractivity contribution is 5.90. The number of nitrogens with one attached hydrogen (secondary N) is 1. The van der Waals surface area contributed by atoms with Crippen molar-refractivity contribution in [3.63, 3.8) is 0 Å². The third kappa shape index (κ3) is 3.53. The predicted molar refractivity (Wildman–Crippen MR) is 104 cm³/mol. The highest BCUT2D eigenvalue weighted by atomic mass is 19.1. The zero-order valence-corrected chi connectivity index (χ0v) is 15.8. The maximum absolute atomic E-state index is 13.2. The molecule has 6 nitrogen and oxygen atoms in total. The second-order valence-corrected chi connectivity index (χ2v) is 7.08. The number of likely N-dealkylation sites (tertiary alicyclic amines) is 1. The molecule has 0 aliphatic carbocycles. The summed E-state index contributed by atoms with van der Waals surface area (Å²) in [6.07, 6.45) is 0.861. The summed E-state index contributed by atoms with van der Waals surface area (Å²) in [6.45, 7) is 2.67. The molecule has 1 amide bonds. The number of halogens is 1. The van der Waals surface area contributed by atoms with Gasteiger partial charge in [0.1, 0.15) is 11.6 Å². The molecule has 28 heavy (non-hydrogen) atoms. The van der Waals surface area contributed by atoms with E-state index < -0.39 is 0 Å². The number of carbonyl (C=O) groups excluding carboxylic acids is 1. The number of carbonyl (C=O) groups is 1. The second-order valence-electron chi connectivity index (χ2n) is 7.08.